The van der Waals surface area contributed by atoms with Crippen LogP contribution in [0.25, 0.3) is 0 Å². The molecule has 0 saturated carbocycles. The van der Waals surface area contributed by atoms with E-state index in [4.69, 9.17) is 10.6 Å². The van der Waals surface area contributed by atoms with Crippen LogP contribution in [0.15, 0.2) is 24.3 Å². The number of hydrazine groups is 1. The van der Waals surface area contributed by atoms with E-state index in [9.17, 15) is 0 Å². The average Bonchev–Trinajstić information content (AvgIpc) is 2.41. The van der Waals surface area contributed by atoms with Crippen molar-refractivity contribution in [2.45, 2.75) is 38.6 Å². The number of hydrogen-bond acceptors (Lipinski definition) is 3. The lowest BCUT2D eigenvalue weighted by Gasteiger charge is -2.26. The molecule has 1 unspecified atom stereocenters. The van der Waals surface area contributed by atoms with Crippen LogP contribution in [-0.4, -0.2) is 19.3 Å². The fourth-order valence-corrected chi connectivity index (χ4v) is 2.60. The van der Waals surface area contributed by atoms with Crippen LogP contribution >= 0.6 is 0 Å². The van der Waals surface area contributed by atoms with Gasteiger partial charge in [0, 0.05) is 19.3 Å². The van der Waals surface area contributed by atoms with Crippen molar-refractivity contribution in [3.8, 4) is 0 Å². The average molecular weight is 248 g/mol. The van der Waals surface area contributed by atoms with Gasteiger partial charge in [0.1, 0.15) is 0 Å². The monoisotopic (exact) mass is 248 g/mol. The summed E-state index contributed by atoms with van der Waals surface area (Å²) in [5.41, 5.74) is 5.63. The van der Waals surface area contributed by atoms with Gasteiger partial charge in [0.05, 0.1) is 0 Å². The SMILES string of the molecule is Cc1ccc(CC(CC2CCOCC2)NN)cc1. The third-order valence-corrected chi connectivity index (χ3v) is 3.80. The van der Waals surface area contributed by atoms with Gasteiger partial charge in [0.25, 0.3) is 0 Å². The van der Waals surface area contributed by atoms with E-state index in [2.05, 4.69) is 36.6 Å². The maximum absolute atomic E-state index is 5.69. The van der Waals surface area contributed by atoms with E-state index in [-0.39, 0.29) is 0 Å². The number of nitrogens with one attached hydrogen (secondary N) is 1. The van der Waals surface area contributed by atoms with Gasteiger partial charge < -0.3 is 4.74 Å². The summed E-state index contributed by atoms with van der Waals surface area (Å²) in [7, 11) is 0. The Bertz CT molecular complexity index is 344. The van der Waals surface area contributed by atoms with Gasteiger partial charge in [-0.1, -0.05) is 29.8 Å². The minimum absolute atomic E-state index is 0.371. The Hall–Kier alpha value is -0.900. The standard InChI is InChI=1S/C15H24N2O/c1-12-2-4-13(5-3-12)10-15(17-16)11-14-6-8-18-9-7-14/h2-5,14-15,17H,6-11,16H2,1H3. The lowest BCUT2D eigenvalue weighted by molar-refractivity contribution is 0.0605. The molecule has 1 aliphatic rings. The van der Waals surface area contributed by atoms with Crippen molar-refractivity contribution in [1.82, 2.24) is 5.43 Å². The predicted molar refractivity (Wildman–Crippen MR) is 74.2 cm³/mol. The van der Waals surface area contributed by atoms with Gasteiger partial charge in [-0.3, -0.25) is 11.3 Å². The summed E-state index contributed by atoms with van der Waals surface area (Å²) >= 11 is 0. The normalized spacial score (nSPS) is 18.8. The van der Waals surface area contributed by atoms with Crippen molar-refractivity contribution in [1.29, 1.82) is 0 Å². The van der Waals surface area contributed by atoms with Crippen LogP contribution < -0.4 is 11.3 Å². The van der Waals surface area contributed by atoms with Crippen molar-refractivity contribution < 1.29 is 4.74 Å². The minimum Gasteiger partial charge on any atom is -0.381 e. The third-order valence-electron chi connectivity index (χ3n) is 3.80. The Morgan fingerprint density at radius 2 is 1.94 bits per heavy atom. The van der Waals surface area contributed by atoms with Crippen molar-refractivity contribution >= 4 is 0 Å². The summed E-state index contributed by atoms with van der Waals surface area (Å²) in [6.07, 6.45) is 4.50. The van der Waals surface area contributed by atoms with Crippen molar-refractivity contribution in [2.24, 2.45) is 11.8 Å². The van der Waals surface area contributed by atoms with E-state index in [0.29, 0.717) is 6.04 Å². The van der Waals surface area contributed by atoms with Gasteiger partial charge in [0.2, 0.25) is 0 Å². The second kappa shape index (κ2) is 6.88. The highest BCUT2D eigenvalue weighted by Crippen LogP contribution is 2.21. The summed E-state index contributed by atoms with van der Waals surface area (Å²) in [5, 5.41) is 0. The summed E-state index contributed by atoms with van der Waals surface area (Å²) in [5.74, 6) is 6.44. The number of rotatable bonds is 5. The van der Waals surface area contributed by atoms with E-state index < -0.39 is 0 Å². The molecule has 0 radical (unpaired) electrons. The smallest absolute Gasteiger partial charge is 0.0468 e. The Kier molecular flexibility index (Phi) is 5.17. The molecule has 3 N–H and O–H groups in total. The number of hydrogen-bond donors (Lipinski definition) is 2. The molecule has 0 aliphatic carbocycles. The molecule has 3 nitrogen and oxygen atoms in total. The van der Waals surface area contributed by atoms with E-state index in [1.165, 1.54) is 24.0 Å². The summed E-state index contributed by atoms with van der Waals surface area (Å²) < 4.78 is 5.39. The maximum atomic E-state index is 5.69. The van der Waals surface area contributed by atoms with Crippen molar-refractivity contribution in [3.05, 3.63) is 35.4 Å². The van der Waals surface area contributed by atoms with Crippen molar-refractivity contribution in [2.75, 3.05) is 13.2 Å². The van der Waals surface area contributed by atoms with Crippen LogP contribution in [0.1, 0.15) is 30.4 Å². The first-order chi connectivity index (χ1) is 8.78. The molecule has 0 amide bonds. The van der Waals surface area contributed by atoms with Crippen LogP contribution in [0, 0.1) is 12.8 Å². The van der Waals surface area contributed by atoms with Gasteiger partial charge in [-0.2, -0.15) is 0 Å². The fourth-order valence-electron chi connectivity index (χ4n) is 2.60. The second-order valence-electron chi connectivity index (χ2n) is 5.34. The largest absolute Gasteiger partial charge is 0.381 e. The van der Waals surface area contributed by atoms with Crippen LogP contribution in [-0.2, 0) is 11.2 Å². The molecule has 3 heteroatoms. The molecule has 0 bridgehead atoms. The lowest BCUT2D eigenvalue weighted by Crippen LogP contribution is -2.39. The molecule has 1 fully saturated rings. The first-order valence-electron chi connectivity index (χ1n) is 6.87. The van der Waals surface area contributed by atoms with E-state index in [1.54, 1.807) is 0 Å². The molecule has 1 atom stereocenters. The Labute approximate surface area is 110 Å². The first-order valence-corrected chi connectivity index (χ1v) is 6.87. The zero-order valence-corrected chi connectivity index (χ0v) is 11.2. The molecule has 1 saturated heterocycles. The van der Waals surface area contributed by atoms with Crippen LogP contribution in [0.4, 0.5) is 0 Å². The molecule has 1 aromatic carbocycles. The molecular formula is C15H24N2O. The molecule has 1 aliphatic heterocycles. The molecular weight excluding hydrogens is 224 g/mol. The van der Waals surface area contributed by atoms with Gasteiger partial charge in [-0.05, 0) is 44.1 Å². The molecule has 0 aromatic heterocycles. The van der Waals surface area contributed by atoms with Crippen LogP contribution in [0.5, 0.6) is 0 Å². The second-order valence-corrected chi connectivity index (χ2v) is 5.34. The third kappa shape index (κ3) is 4.09. The van der Waals surface area contributed by atoms with Gasteiger partial charge in [-0.25, -0.2) is 0 Å². The Morgan fingerprint density at radius 1 is 1.28 bits per heavy atom. The lowest BCUT2D eigenvalue weighted by atomic mass is 9.90. The van der Waals surface area contributed by atoms with Crippen LogP contribution in [0.3, 0.4) is 0 Å². The molecule has 0 spiro atoms. The summed E-state index contributed by atoms with van der Waals surface area (Å²) in [6, 6.07) is 9.10. The molecule has 1 aromatic rings. The molecule has 18 heavy (non-hydrogen) atoms. The molecule has 2 rings (SSSR count). The van der Waals surface area contributed by atoms with Gasteiger partial charge in [-0.15, -0.1) is 0 Å². The summed E-state index contributed by atoms with van der Waals surface area (Å²) in [4.78, 5) is 0. The quantitative estimate of drug-likeness (QED) is 0.620. The Balaban J connectivity index is 1.86. The highest BCUT2D eigenvalue weighted by Gasteiger charge is 2.18. The topological polar surface area (TPSA) is 47.3 Å². The highest BCUT2D eigenvalue weighted by atomic mass is 16.5. The van der Waals surface area contributed by atoms with E-state index in [1.807, 2.05) is 0 Å². The zero-order chi connectivity index (χ0) is 12.8. The number of ether oxygens (including phenoxy) is 1. The minimum atomic E-state index is 0.371. The number of nitrogens with two attached hydrogens (primary N) is 1. The fraction of sp³-hybridized carbons (Fsp3) is 0.600. The summed E-state index contributed by atoms with van der Waals surface area (Å²) in [6.45, 7) is 3.93. The Morgan fingerprint density at radius 3 is 2.56 bits per heavy atom. The maximum Gasteiger partial charge on any atom is 0.0468 e. The highest BCUT2D eigenvalue weighted by molar-refractivity contribution is 5.22. The van der Waals surface area contributed by atoms with E-state index >= 15 is 0 Å². The predicted octanol–water partition coefficient (Wildman–Crippen LogP) is 2.19. The molecule has 1 heterocycles. The number of aryl methyl sites for hydroxylation is 1. The van der Waals surface area contributed by atoms with Gasteiger partial charge in [0.15, 0.2) is 0 Å². The van der Waals surface area contributed by atoms with Crippen LogP contribution in [0.2, 0.25) is 0 Å². The number of benzene rings is 1. The van der Waals surface area contributed by atoms with Crippen molar-refractivity contribution in [3.63, 3.8) is 0 Å². The molecule has 100 valence electrons. The van der Waals surface area contributed by atoms with E-state index in [0.717, 1.165) is 32.0 Å². The zero-order valence-electron chi connectivity index (χ0n) is 11.2. The van der Waals surface area contributed by atoms with Gasteiger partial charge >= 0.3 is 0 Å². The first kappa shape index (κ1) is 13.5.